The molecule has 5 N–H and O–H groups in total. The fraction of sp³-hybridized carbons (Fsp3) is 0.474. The summed E-state index contributed by atoms with van der Waals surface area (Å²) in [4.78, 5) is 25.8. The quantitative estimate of drug-likeness (QED) is 0.439. The van der Waals surface area contributed by atoms with Crippen LogP contribution in [-0.4, -0.2) is 54.9 Å². The number of ketones is 2. The Kier molecular flexibility index (Phi) is 3.65. The molecule has 0 saturated heterocycles. The van der Waals surface area contributed by atoms with E-state index in [2.05, 4.69) is 0 Å². The molecule has 0 saturated carbocycles. The number of hydrogen-bond donors (Lipinski definition) is 5. The molecule has 0 heterocycles. The van der Waals surface area contributed by atoms with Crippen LogP contribution in [0.25, 0.3) is 0 Å². The van der Waals surface area contributed by atoms with Crippen molar-refractivity contribution in [2.24, 2.45) is 11.8 Å². The van der Waals surface area contributed by atoms with Crippen molar-refractivity contribution in [1.82, 2.24) is 0 Å². The summed E-state index contributed by atoms with van der Waals surface area (Å²) in [5, 5.41) is 53.2. The summed E-state index contributed by atoms with van der Waals surface area (Å²) in [6.07, 6.45) is -4.82. The fourth-order valence-corrected chi connectivity index (χ4v) is 4.74. The molecule has 138 valence electrons. The van der Waals surface area contributed by atoms with Crippen LogP contribution in [0, 0.1) is 11.8 Å². The molecule has 0 aliphatic heterocycles. The van der Waals surface area contributed by atoms with E-state index in [1.807, 2.05) is 6.92 Å². The molecule has 26 heavy (non-hydrogen) atoms. The Morgan fingerprint density at radius 2 is 1.81 bits per heavy atom. The predicted molar refractivity (Wildman–Crippen MR) is 88.3 cm³/mol. The Balaban J connectivity index is 2.01. The monoisotopic (exact) mass is 360 g/mol. The van der Waals surface area contributed by atoms with Crippen LogP contribution in [-0.2, 0) is 4.79 Å². The number of carbonyl (C=O) groups excluding carboxylic acids is 2. The zero-order valence-corrected chi connectivity index (χ0v) is 14.1. The Labute approximate surface area is 149 Å². The second-order valence-corrected chi connectivity index (χ2v) is 7.59. The lowest BCUT2D eigenvalue weighted by Crippen LogP contribution is -2.66. The molecular weight excluding hydrogens is 340 g/mol. The maximum atomic E-state index is 13.1. The molecule has 2 unspecified atom stereocenters. The minimum Gasteiger partial charge on any atom is -0.508 e. The average Bonchev–Trinajstić information content (AvgIpc) is 2.58. The van der Waals surface area contributed by atoms with Gasteiger partial charge in [-0.3, -0.25) is 9.59 Å². The summed E-state index contributed by atoms with van der Waals surface area (Å²) < 4.78 is 0. The standard InChI is InChI=1S/C19H20O7/c1-7-5-9-12(11(21)6-7)14-15(22)8-3-2-4-10(20)13(8)17(24)19(14,26)18(25)16(9)23/h2-4,7,14,16-18,20,23-26H,5-6H2,1H3/t7-,14-,16?,17+,18?,19-/m1/s1. The highest BCUT2D eigenvalue weighted by molar-refractivity contribution is 6.11. The first-order valence-corrected chi connectivity index (χ1v) is 8.58. The molecule has 0 radical (unpaired) electrons. The maximum absolute atomic E-state index is 13.1. The van der Waals surface area contributed by atoms with Gasteiger partial charge in [-0.1, -0.05) is 19.1 Å². The van der Waals surface area contributed by atoms with Crippen LogP contribution in [0.1, 0.15) is 41.8 Å². The normalized spacial score (nSPS) is 39.3. The number of phenolic OH excluding ortho intramolecular Hbond substituents is 1. The van der Waals surface area contributed by atoms with E-state index in [4.69, 9.17) is 0 Å². The summed E-state index contributed by atoms with van der Waals surface area (Å²) in [5.41, 5.74) is -2.48. The molecule has 1 aromatic rings. The fourth-order valence-electron chi connectivity index (χ4n) is 4.74. The van der Waals surface area contributed by atoms with Crippen molar-refractivity contribution >= 4 is 11.6 Å². The third-order valence-corrected chi connectivity index (χ3v) is 5.95. The van der Waals surface area contributed by atoms with Crippen LogP contribution < -0.4 is 0 Å². The number of hydrogen-bond acceptors (Lipinski definition) is 7. The van der Waals surface area contributed by atoms with E-state index in [1.54, 1.807) is 0 Å². The van der Waals surface area contributed by atoms with Gasteiger partial charge in [-0.15, -0.1) is 0 Å². The van der Waals surface area contributed by atoms with E-state index in [0.29, 0.717) is 6.42 Å². The van der Waals surface area contributed by atoms with Gasteiger partial charge in [-0.25, -0.2) is 0 Å². The largest absolute Gasteiger partial charge is 0.508 e. The van der Waals surface area contributed by atoms with Crippen molar-refractivity contribution < 1.29 is 35.1 Å². The summed E-state index contributed by atoms with van der Waals surface area (Å²) in [6.45, 7) is 1.83. The SMILES string of the molecule is C[C@H]1CC(=O)C2=C(C1)C(O)C(O)[C@@]1(O)[C@H]2C(=O)c2cccc(O)c2[C@@H]1O. The lowest BCUT2D eigenvalue weighted by Gasteiger charge is -2.52. The highest BCUT2D eigenvalue weighted by Gasteiger charge is 2.64. The molecule has 1 aromatic carbocycles. The number of carbonyl (C=O) groups is 2. The molecule has 4 rings (SSSR count). The van der Waals surface area contributed by atoms with Gasteiger partial charge < -0.3 is 25.5 Å². The van der Waals surface area contributed by atoms with Crippen LogP contribution in [0.4, 0.5) is 0 Å². The predicted octanol–water partition coefficient (Wildman–Crippen LogP) is 0.000200. The number of fused-ring (bicyclic) bond motifs is 3. The van der Waals surface area contributed by atoms with E-state index in [1.165, 1.54) is 18.2 Å². The van der Waals surface area contributed by atoms with Gasteiger partial charge in [0.1, 0.15) is 29.7 Å². The molecule has 0 aromatic heterocycles. The highest BCUT2D eigenvalue weighted by Crippen LogP contribution is 2.54. The first-order chi connectivity index (χ1) is 12.2. The Hall–Kier alpha value is -2.06. The highest BCUT2D eigenvalue weighted by atomic mass is 16.4. The summed E-state index contributed by atoms with van der Waals surface area (Å²) in [5.74, 6) is -2.99. The number of aliphatic hydroxyl groups is 4. The molecule has 3 aliphatic rings. The van der Waals surface area contributed by atoms with Gasteiger partial charge in [-0.2, -0.15) is 0 Å². The van der Waals surface area contributed by atoms with Gasteiger partial charge in [0.05, 0.1) is 5.92 Å². The smallest absolute Gasteiger partial charge is 0.174 e. The number of aliphatic hydroxyl groups excluding tert-OH is 3. The third-order valence-electron chi connectivity index (χ3n) is 5.95. The van der Waals surface area contributed by atoms with Crippen molar-refractivity contribution in [1.29, 1.82) is 0 Å². The van der Waals surface area contributed by atoms with Crippen molar-refractivity contribution in [3.63, 3.8) is 0 Å². The Bertz CT molecular complexity index is 857. The second-order valence-electron chi connectivity index (χ2n) is 7.59. The van der Waals surface area contributed by atoms with Gasteiger partial charge >= 0.3 is 0 Å². The number of Topliss-reactive ketones (excluding diaryl/α,β-unsaturated/α-hetero) is 2. The minimum absolute atomic E-state index is 0.00552. The van der Waals surface area contributed by atoms with Crippen LogP contribution >= 0.6 is 0 Å². The zero-order valence-electron chi connectivity index (χ0n) is 14.1. The van der Waals surface area contributed by atoms with Gasteiger partial charge in [-0.05, 0) is 24.0 Å². The second kappa shape index (κ2) is 5.47. The molecule has 0 amide bonds. The van der Waals surface area contributed by atoms with E-state index in [0.717, 1.165) is 0 Å². The molecule has 0 spiro atoms. The van der Waals surface area contributed by atoms with Gasteiger partial charge in [0, 0.05) is 23.1 Å². The van der Waals surface area contributed by atoms with E-state index < -0.39 is 41.4 Å². The lowest BCUT2D eigenvalue weighted by atomic mass is 9.56. The molecular formula is C19H20O7. The number of phenols is 1. The van der Waals surface area contributed by atoms with Crippen LogP contribution in [0.2, 0.25) is 0 Å². The van der Waals surface area contributed by atoms with Crippen LogP contribution in [0.3, 0.4) is 0 Å². The topological polar surface area (TPSA) is 135 Å². The van der Waals surface area contributed by atoms with Gasteiger partial charge in [0.15, 0.2) is 11.6 Å². The summed E-state index contributed by atoms with van der Waals surface area (Å²) >= 11 is 0. The third kappa shape index (κ3) is 1.97. The number of rotatable bonds is 0. The van der Waals surface area contributed by atoms with Gasteiger partial charge in [0.25, 0.3) is 0 Å². The zero-order chi connectivity index (χ0) is 19.0. The Morgan fingerprint density at radius 3 is 2.50 bits per heavy atom. The first kappa shape index (κ1) is 17.4. The Morgan fingerprint density at radius 1 is 1.12 bits per heavy atom. The van der Waals surface area contributed by atoms with Crippen LogP contribution in [0.15, 0.2) is 29.3 Å². The van der Waals surface area contributed by atoms with E-state index in [9.17, 15) is 35.1 Å². The summed E-state index contributed by atoms with van der Waals surface area (Å²) in [7, 11) is 0. The van der Waals surface area contributed by atoms with Crippen molar-refractivity contribution in [3.05, 3.63) is 40.5 Å². The van der Waals surface area contributed by atoms with E-state index in [-0.39, 0.29) is 40.4 Å². The van der Waals surface area contributed by atoms with Gasteiger partial charge in [0.2, 0.25) is 0 Å². The molecule has 7 nitrogen and oxygen atoms in total. The molecule has 7 heteroatoms. The summed E-state index contributed by atoms with van der Waals surface area (Å²) in [6, 6.07) is 4.08. The van der Waals surface area contributed by atoms with Crippen LogP contribution in [0.5, 0.6) is 5.75 Å². The average molecular weight is 360 g/mol. The molecule has 3 aliphatic carbocycles. The maximum Gasteiger partial charge on any atom is 0.174 e. The number of benzene rings is 1. The van der Waals surface area contributed by atoms with Crippen molar-refractivity contribution in [3.8, 4) is 5.75 Å². The lowest BCUT2D eigenvalue weighted by molar-refractivity contribution is -0.198. The number of aromatic hydroxyl groups is 1. The van der Waals surface area contributed by atoms with Crippen molar-refractivity contribution in [2.45, 2.75) is 43.7 Å². The molecule has 6 atom stereocenters. The first-order valence-electron chi connectivity index (χ1n) is 8.58. The molecule has 0 fully saturated rings. The minimum atomic E-state index is -2.50. The molecule has 0 bridgehead atoms. The van der Waals surface area contributed by atoms with E-state index >= 15 is 0 Å². The van der Waals surface area contributed by atoms with Crippen molar-refractivity contribution in [2.75, 3.05) is 0 Å².